The van der Waals surface area contributed by atoms with Gasteiger partial charge in [-0.3, -0.25) is 0 Å². The first-order valence-corrected chi connectivity index (χ1v) is 9.25. The predicted molar refractivity (Wildman–Crippen MR) is 108 cm³/mol. The van der Waals surface area contributed by atoms with Gasteiger partial charge < -0.3 is 30.3 Å². The number of methoxy groups -OCH3 is 1. The summed E-state index contributed by atoms with van der Waals surface area (Å²) >= 11 is 0. The summed E-state index contributed by atoms with van der Waals surface area (Å²) in [5.74, 6) is 2.13. The van der Waals surface area contributed by atoms with Crippen molar-refractivity contribution in [2.45, 2.75) is 6.92 Å². The number of hydrogen-bond acceptors (Lipinski definition) is 7. The molecule has 0 saturated carbocycles. The highest BCUT2D eigenvalue weighted by atomic mass is 16.5. The molecule has 2 heterocycles. The van der Waals surface area contributed by atoms with Gasteiger partial charge >= 0.3 is 6.03 Å². The topological polar surface area (TPSA) is 101 Å². The highest BCUT2D eigenvalue weighted by Crippen LogP contribution is 2.17. The summed E-state index contributed by atoms with van der Waals surface area (Å²) in [5, 5.41) is 8.72. The van der Waals surface area contributed by atoms with Crippen molar-refractivity contribution in [3.05, 3.63) is 36.0 Å². The maximum absolute atomic E-state index is 12.0. The van der Waals surface area contributed by atoms with Gasteiger partial charge in [-0.1, -0.05) is 6.07 Å². The van der Waals surface area contributed by atoms with E-state index in [4.69, 9.17) is 9.47 Å². The Morgan fingerprint density at radius 3 is 2.82 bits per heavy atom. The van der Waals surface area contributed by atoms with E-state index in [1.807, 2.05) is 25.1 Å². The summed E-state index contributed by atoms with van der Waals surface area (Å²) in [7, 11) is 1.59. The SMILES string of the molecule is COc1cccc(NC(=O)NCCNc2nc(C)cc(N3CCOCC3)n2)c1. The molecule has 2 amide bonds. The number of carbonyl (C=O) groups is 1. The number of anilines is 3. The highest BCUT2D eigenvalue weighted by molar-refractivity contribution is 5.89. The lowest BCUT2D eigenvalue weighted by atomic mass is 10.3. The van der Waals surface area contributed by atoms with E-state index in [0.717, 1.165) is 24.6 Å². The Morgan fingerprint density at radius 1 is 1.21 bits per heavy atom. The zero-order valence-electron chi connectivity index (χ0n) is 16.2. The molecule has 1 saturated heterocycles. The summed E-state index contributed by atoms with van der Waals surface area (Å²) in [4.78, 5) is 23.2. The molecule has 1 aromatic heterocycles. The van der Waals surface area contributed by atoms with Crippen molar-refractivity contribution in [3.8, 4) is 5.75 Å². The van der Waals surface area contributed by atoms with Gasteiger partial charge in [0.25, 0.3) is 0 Å². The van der Waals surface area contributed by atoms with E-state index in [1.165, 1.54) is 0 Å². The van der Waals surface area contributed by atoms with Crippen LogP contribution < -0.4 is 25.6 Å². The van der Waals surface area contributed by atoms with Crippen LogP contribution in [0.4, 0.5) is 22.2 Å². The van der Waals surface area contributed by atoms with Crippen molar-refractivity contribution in [2.24, 2.45) is 0 Å². The summed E-state index contributed by atoms with van der Waals surface area (Å²) in [6.45, 7) is 5.94. The third-order valence-corrected chi connectivity index (χ3v) is 4.20. The Labute approximate surface area is 164 Å². The van der Waals surface area contributed by atoms with Gasteiger partial charge in [-0.25, -0.2) is 9.78 Å². The summed E-state index contributed by atoms with van der Waals surface area (Å²) in [6.07, 6.45) is 0. The quantitative estimate of drug-likeness (QED) is 0.625. The van der Waals surface area contributed by atoms with Crippen LogP contribution in [0.15, 0.2) is 30.3 Å². The molecule has 0 spiro atoms. The monoisotopic (exact) mass is 386 g/mol. The minimum atomic E-state index is -0.283. The number of urea groups is 1. The van der Waals surface area contributed by atoms with Crippen molar-refractivity contribution >= 4 is 23.5 Å². The summed E-state index contributed by atoms with van der Waals surface area (Å²) in [5.41, 5.74) is 1.56. The van der Waals surface area contributed by atoms with Crippen LogP contribution in [-0.4, -0.2) is 62.5 Å². The fourth-order valence-electron chi connectivity index (χ4n) is 2.81. The van der Waals surface area contributed by atoms with Gasteiger partial charge in [0.05, 0.1) is 20.3 Å². The second kappa shape index (κ2) is 9.75. The molecule has 2 aromatic rings. The fraction of sp³-hybridized carbons (Fsp3) is 0.421. The van der Waals surface area contributed by atoms with E-state index in [9.17, 15) is 4.79 Å². The van der Waals surface area contributed by atoms with Crippen LogP contribution in [0.25, 0.3) is 0 Å². The number of amides is 2. The first-order valence-electron chi connectivity index (χ1n) is 9.25. The van der Waals surface area contributed by atoms with E-state index >= 15 is 0 Å². The van der Waals surface area contributed by atoms with E-state index in [-0.39, 0.29) is 6.03 Å². The molecule has 1 aliphatic heterocycles. The van der Waals surface area contributed by atoms with Crippen molar-refractivity contribution in [1.29, 1.82) is 0 Å². The minimum Gasteiger partial charge on any atom is -0.497 e. The Balaban J connectivity index is 1.45. The van der Waals surface area contributed by atoms with Gasteiger partial charge in [0.15, 0.2) is 0 Å². The number of nitrogens with zero attached hydrogens (tertiary/aromatic N) is 3. The Hall–Kier alpha value is -3.07. The van der Waals surface area contributed by atoms with Gasteiger partial charge in [-0.2, -0.15) is 4.98 Å². The average Bonchev–Trinajstić information content (AvgIpc) is 2.71. The lowest BCUT2D eigenvalue weighted by Crippen LogP contribution is -2.37. The molecule has 9 heteroatoms. The number of ether oxygens (including phenoxy) is 2. The van der Waals surface area contributed by atoms with Crippen LogP contribution >= 0.6 is 0 Å². The molecule has 0 atom stereocenters. The maximum atomic E-state index is 12.0. The number of rotatable bonds is 7. The number of nitrogens with one attached hydrogen (secondary N) is 3. The van der Waals surface area contributed by atoms with Gasteiger partial charge in [-0.15, -0.1) is 0 Å². The molecule has 1 aliphatic rings. The zero-order chi connectivity index (χ0) is 19.8. The molecule has 1 fully saturated rings. The number of carbonyl (C=O) groups excluding carboxylic acids is 1. The Morgan fingerprint density at radius 2 is 2.04 bits per heavy atom. The standard InChI is InChI=1S/C19H26N6O3/c1-14-12-17(25-8-10-28-11-9-25)24-18(22-14)20-6-7-21-19(26)23-15-4-3-5-16(13-15)27-2/h3-5,12-13H,6-11H2,1-2H3,(H,20,22,24)(H2,21,23,26). The molecule has 9 nitrogen and oxygen atoms in total. The zero-order valence-corrected chi connectivity index (χ0v) is 16.2. The number of aryl methyl sites for hydroxylation is 1. The van der Waals surface area contributed by atoms with Crippen molar-refractivity contribution in [2.75, 3.05) is 62.0 Å². The molecule has 1 aromatic carbocycles. The van der Waals surface area contributed by atoms with Crippen molar-refractivity contribution in [1.82, 2.24) is 15.3 Å². The van der Waals surface area contributed by atoms with E-state index in [2.05, 4.69) is 30.8 Å². The van der Waals surface area contributed by atoms with Crippen molar-refractivity contribution < 1.29 is 14.3 Å². The van der Waals surface area contributed by atoms with Crippen LogP contribution in [0.2, 0.25) is 0 Å². The summed E-state index contributed by atoms with van der Waals surface area (Å²) in [6, 6.07) is 8.88. The molecule has 0 bridgehead atoms. The molecular weight excluding hydrogens is 360 g/mol. The average molecular weight is 386 g/mol. The Bertz CT molecular complexity index is 795. The van der Waals surface area contributed by atoms with Crippen molar-refractivity contribution in [3.63, 3.8) is 0 Å². The molecule has 0 unspecified atom stereocenters. The van der Waals surface area contributed by atoms with Crippen LogP contribution in [0.3, 0.4) is 0 Å². The lowest BCUT2D eigenvalue weighted by molar-refractivity contribution is 0.122. The van der Waals surface area contributed by atoms with Crippen LogP contribution in [0.5, 0.6) is 5.75 Å². The molecule has 3 N–H and O–H groups in total. The van der Waals surface area contributed by atoms with Crippen LogP contribution in [0, 0.1) is 6.92 Å². The molecule has 0 aliphatic carbocycles. The van der Waals surface area contributed by atoms with Gasteiger partial charge in [0.1, 0.15) is 11.6 Å². The number of morpholine rings is 1. The second-order valence-corrected chi connectivity index (χ2v) is 6.33. The number of hydrogen-bond donors (Lipinski definition) is 3. The van der Waals surface area contributed by atoms with E-state index in [0.29, 0.717) is 43.7 Å². The third-order valence-electron chi connectivity index (χ3n) is 4.20. The minimum absolute atomic E-state index is 0.283. The summed E-state index contributed by atoms with van der Waals surface area (Å²) < 4.78 is 10.5. The van der Waals surface area contributed by atoms with E-state index < -0.39 is 0 Å². The predicted octanol–water partition coefficient (Wildman–Crippen LogP) is 1.86. The first kappa shape index (κ1) is 19.7. The Kier molecular flexibility index (Phi) is 6.85. The molecular formula is C19H26N6O3. The van der Waals surface area contributed by atoms with Crippen LogP contribution in [0.1, 0.15) is 5.69 Å². The smallest absolute Gasteiger partial charge is 0.319 e. The van der Waals surface area contributed by atoms with E-state index in [1.54, 1.807) is 19.2 Å². The molecule has 150 valence electrons. The maximum Gasteiger partial charge on any atom is 0.319 e. The molecule has 0 radical (unpaired) electrons. The molecule has 3 rings (SSSR count). The fourth-order valence-corrected chi connectivity index (χ4v) is 2.81. The third kappa shape index (κ3) is 5.71. The van der Waals surface area contributed by atoms with Gasteiger partial charge in [-0.05, 0) is 19.1 Å². The highest BCUT2D eigenvalue weighted by Gasteiger charge is 2.14. The van der Waals surface area contributed by atoms with Gasteiger partial charge in [0, 0.05) is 49.7 Å². The number of benzene rings is 1. The van der Waals surface area contributed by atoms with Gasteiger partial charge in [0.2, 0.25) is 5.95 Å². The molecule has 28 heavy (non-hydrogen) atoms. The first-order chi connectivity index (χ1) is 13.6. The second-order valence-electron chi connectivity index (χ2n) is 6.33. The largest absolute Gasteiger partial charge is 0.497 e. The lowest BCUT2D eigenvalue weighted by Gasteiger charge is -2.28. The normalized spacial score (nSPS) is 13.7. The van der Waals surface area contributed by atoms with Crippen LogP contribution in [-0.2, 0) is 4.74 Å². The number of aromatic nitrogens is 2.